The molecule has 1 amide bonds. The smallest absolute Gasteiger partial charge is 0.229 e. The van der Waals surface area contributed by atoms with Crippen LogP contribution in [-0.2, 0) is 22.5 Å². The fourth-order valence-corrected chi connectivity index (χ4v) is 3.53. The lowest BCUT2D eigenvalue weighted by atomic mass is 10.1. The number of hydrogen-bond donors (Lipinski definition) is 1. The van der Waals surface area contributed by atoms with Gasteiger partial charge in [0, 0.05) is 25.2 Å². The van der Waals surface area contributed by atoms with Crippen LogP contribution in [0.2, 0.25) is 0 Å². The van der Waals surface area contributed by atoms with E-state index in [0.29, 0.717) is 30.2 Å². The molecule has 1 saturated heterocycles. The second-order valence-corrected chi connectivity index (χ2v) is 6.56. The van der Waals surface area contributed by atoms with Gasteiger partial charge in [-0.2, -0.15) is 5.10 Å². The minimum absolute atomic E-state index is 0.00455. The lowest BCUT2D eigenvalue weighted by Crippen LogP contribution is -2.39. The summed E-state index contributed by atoms with van der Waals surface area (Å²) in [6.07, 6.45) is 2.81. The minimum Gasteiger partial charge on any atom is -0.382 e. The number of amides is 1. The number of anilines is 1. The molecule has 1 aliphatic rings. The van der Waals surface area contributed by atoms with Crippen molar-refractivity contribution in [3.05, 3.63) is 42.2 Å². The summed E-state index contributed by atoms with van der Waals surface area (Å²) in [7, 11) is 1.67. The molecule has 4 rings (SSSR count). The molecule has 1 fully saturated rings. The molecule has 1 aromatic carbocycles. The van der Waals surface area contributed by atoms with Gasteiger partial charge in [0.25, 0.3) is 0 Å². The van der Waals surface area contributed by atoms with Crippen molar-refractivity contribution in [1.82, 2.24) is 19.8 Å². The molecule has 0 radical (unpaired) electrons. The molecule has 3 heterocycles. The number of ether oxygens (including phenoxy) is 1. The van der Waals surface area contributed by atoms with E-state index in [1.807, 2.05) is 35.4 Å². The Morgan fingerprint density at radius 3 is 3.00 bits per heavy atom. The lowest BCUT2D eigenvalue weighted by Gasteiger charge is -2.24. The van der Waals surface area contributed by atoms with Crippen LogP contribution in [0.1, 0.15) is 12.1 Å². The van der Waals surface area contributed by atoms with Gasteiger partial charge in [0.1, 0.15) is 11.5 Å². The zero-order valence-electron chi connectivity index (χ0n) is 14.5. The molecule has 0 unspecified atom stereocenters. The first-order valence-electron chi connectivity index (χ1n) is 8.58. The van der Waals surface area contributed by atoms with Crippen LogP contribution in [0.3, 0.4) is 0 Å². The third-order valence-electron chi connectivity index (χ3n) is 4.86. The van der Waals surface area contributed by atoms with Crippen molar-refractivity contribution in [3.8, 4) is 0 Å². The number of nitrogens with zero attached hydrogens (tertiary/aromatic N) is 4. The largest absolute Gasteiger partial charge is 0.382 e. The van der Waals surface area contributed by atoms with Crippen molar-refractivity contribution in [1.29, 1.82) is 0 Å². The van der Waals surface area contributed by atoms with Crippen LogP contribution in [0.25, 0.3) is 11.0 Å². The number of methoxy groups -OCH3 is 1. The Morgan fingerprint density at radius 2 is 2.23 bits per heavy atom. The Kier molecular flexibility index (Phi) is 4.34. The third kappa shape index (κ3) is 3.15. The number of likely N-dealkylation sites (tertiary alicyclic amines) is 1. The second kappa shape index (κ2) is 6.80. The van der Waals surface area contributed by atoms with Gasteiger partial charge in [0.2, 0.25) is 5.91 Å². The van der Waals surface area contributed by atoms with Gasteiger partial charge < -0.3 is 19.9 Å². The standard InChI is InChI=1S/C18H21N5O3/c1-25-13-8-12(10-22-7-6-17(19)20-22)23(11-13)18(24)9-15-14-4-2-3-5-16(14)26-21-15/h2-7,12-13H,8-11H2,1H3,(H2,19,20)/t12-,13-/m0/s1. The summed E-state index contributed by atoms with van der Waals surface area (Å²) in [5.41, 5.74) is 7.04. The number of nitrogens with two attached hydrogens (primary N) is 1. The molecule has 0 saturated carbocycles. The number of carbonyl (C=O) groups excluding carboxylic acids is 1. The monoisotopic (exact) mass is 355 g/mol. The van der Waals surface area contributed by atoms with E-state index in [-0.39, 0.29) is 24.5 Å². The molecule has 0 spiro atoms. The van der Waals surface area contributed by atoms with Crippen LogP contribution in [-0.4, -0.2) is 51.5 Å². The summed E-state index contributed by atoms with van der Waals surface area (Å²) in [6, 6.07) is 9.31. The highest BCUT2D eigenvalue weighted by Gasteiger charge is 2.36. The number of fused-ring (bicyclic) bond motifs is 1. The van der Waals surface area contributed by atoms with E-state index >= 15 is 0 Å². The van der Waals surface area contributed by atoms with Gasteiger partial charge in [-0.25, -0.2) is 0 Å². The van der Waals surface area contributed by atoms with Crippen LogP contribution in [0.5, 0.6) is 0 Å². The van der Waals surface area contributed by atoms with Crippen molar-refractivity contribution in [3.63, 3.8) is 0 Å². The Morgan fingerprint density at radius 1 is 1.38 bits per heavy atom. The third-order valence-corrected chi connectivity index (χ3v) is 4.86. The van der Waals surface area contributed by atoms with E-state index in [1.165, 1.54) is 0 Å². The van der Waals surface area contributed by atoms with Gasteiger partial charge in [0.15, 0.2) is 5.58 Å². The summed E-state index contributed by atoms with van der Waals surface area (Å²) in [5.74, 6) is 0.479. The van der Waals surface area contributed by atoms with Crippen LogP contribution in [0.4, 0.5) is 5.82 Å². The number of carbonyl (C=O) groups is 1. The maximum absolute atomic E-state index is 13.0. The summed E-state index contributed by atoms with van der Waals surface area (Å²) < 4.78 is 12.6. The highest BCUT2D eigenvalue weighted by molar-refractivity contribution is 5.86. The molecule has 3 aromatic rings. The van der Waals surface area contributed by atoms with Crippen molar-refractivity contribution in [2.75, 3.05) is 19.4 Å². The Bertz CT molecular complexity index is 918. The number of benzene rings is 1. The first-order valence-corrected chi connectivity index (χ1v) is 8.58. The molecule has 2 atom stereocenters. The number of rotatable bonds is 5. The van der Waals surface area contributed by atoms with Gasteiger partial charge >= 0.3 is 0 Å². The predicted octanol–water partition coefficient (Wildman–Crippen LogP) is 1.47. The van der Waals surface area contributed by atoms with Crippen LogP contribution >= 0.6 is 0 Å². The first kappa shape index (κ1) is 16.6. The number of para-hydroxylation sites is 1. The van der Waals surface area contributed by atoms with Crippen LogP contribution in [0, 0.1) is 0 Å². The summed E-state index contributed by atoms with van der Waals surface area (Å²) in [4.78, 5) is 14.8. The molecule has 26 heavy (non-hydrogen) atoms. The summed E-state index contributed by atoms with van der Waals surface area (Å²) in [6.45, 7) is 1.15. The molecule has 136 valence electrons. The molecule has 8 heteroatoms. The van der Waals surface area contributed by atoms with E-state index in [1.54, 1.807) is 17.9 Å². The number of hydrogen-bond acceptors (Lipinski definition) is 6. The Labute approximate surface area is 150 Å². The maximum atomic E-state index is 13.0. The molecule has 2 aromatic heterocycles. The first-order chi connectivity index (χ1) is 12.6. The SMILES string of the molecule is CO[C@H]1C[C@@H](Cn2ccc(N)n2)N(C(=O)Cc2noc3ccccc23)C1. The predicted molar refractivity (Wildman–Crippen MR) is 95.3 cm³/mol. The molecular formula is C18H21N5O3. The molecule has 8 nitrogen and oxygen atoms in total. The molecule has 0 aliphatic carbocycles. The van der Waals surface area contributed by atoms with Crippen LogP contribution in [0.15, 0.2) is 41.1 Å². The quantitative estimate of drug-likeness (QED) is 0.744. The van der Waals surface area contributed by atoms with Crippen molar-refractivity contribution in [2.45, 2.75) is 31.5 Å². The molecule has 2 N–H and O–H groups in total. The number of aromatic nitrogens is 3. The summed E-state index contributed by atoms with van der Waals surface area (Å²) in [5, 5.41) is 9.17. The maximum Gasteiger partial charge on any atom is 0.229 e. The van der Waals surface area contributed by atoms with E-state index in [2.05, 4.69) is 10.3 Å². The van der Waals surface area contributed by atoms with Gasteiger partial charge in [0.05, 0.1) is 25.1 Å². The van der Waals surface area contributed by atoms with Gasteiger partial charge in [-0.15, -0.1) is 0 Å². The molecule has 0 bridgehead atoms. The average molecular weight is 355 g/mol. The second-order valence-electron chi connectivity index (χ2n) is 6.56. The summed E-state index contributed by atoms with van der Waals surface area (Å²) >= 11 is 0. The average Bonchev–Trinajstić information content (AvgIpc) is 3.35. The molecular weight excluding hydrogens is 334 g/mol. The minimum atomic E-state index is 0.00455. The van der Waals surface area contributed by atoms with Crippen molar-refractivity contribution < 1.29 is 14.1 Å². The topological polar surface area (TPSA) is 99.4 Å². The zero-order chi connectivity index (χ0) is 18.1. The van der Waals surface area contributed by atoms with Crippen molar-refractivity contribution >= 4 is 22.7 Å². The van der Waals surface area contributed by atoms with Crippen molar-refractivity contribution in [2.24, 2.45) is 0 Å². The fraction of sp³-hybridized carbons (Fsp3) is 0.389. The normalized spacial score (nSPS) is 20.1. The van der Waals surface area contributed by atoms with E-state index < -0.39 is 0 Å². The highest BCUT2D eigenvalue weighted by Crippen LogP contribution is 2.24. The van der Waals surface area contributed by atoms with Crippen LogP contribution < -0.4 is 5.73 Å². The highest BCUT2D eigenvalue weighted by atomic mass is 16.5. The van der Waals surface area contributed by atoms with E-state index in [4.69, 9.17) is 15.0 Å². The number of nitrogen functional groups attached to an aromatic ring is 1. The van der Waals surface area contributed by atoms with Gasteiger partial charge in [-0.05, 0) is 24.6 Å². The lowest BCUT2D eigenvalue weighted by molar-refractivity contribution is -0.132. The molecule has 1 aliphatic heterocycles. The zero-order valence-corrected chi connectivity index (χ0v) is 14.5. The fourth-order valence-electron chi connectivity index (χ4n) is 3.53. The Hall–Kier alpha value is -2.87. The Balaban J connectivity index is 1.52. The van der Waals surface area contributed by atoms with Gasteiger partial charge in [-0.3, -0.25) is 9.48 Å². The van der Waals surface area contributed by atoms with E-state index in [0.717, 1.165) is 11.8 Å². The van der Waals surface area contributed by atoms with Gasteiger partial charge in [-0.1, -0.05) is 17.3 Å². The van der Waals surface area contributed by atoms with E-state index in [9.17, 15) is 4.79 Å².